The first kappa shape index (κ1) is 11.8. The molecule has 0 aliphatic rings. The Hall–Kier alpha value is -1.23. The van der Waals surface area contributed by atoms with E-state index in [1.165, 1.54) is 12.1 Å². The van der Waals surface area contributed by atoms with E-state index in [4.69, 9.17) is 0 Å². The van der Waals surface area contributed by atoms with Gasteiger partial charge in [-0.1, -0.05) is 28.1 Å². The lowest BCUT2D eigenvalue weighted by atomic mass is 10.0. The Morgan fingerprint density at radius 2 is 2.13 bits per heavy atom. The molecule has 4 nitrogen and oxygen atoms in total. The van der Waals surface area contributed by atoms with Gasteiger partial charge in [0, 0.05) is 17.2 Å². The summed E-state index contributed by atoms with van der Waals surface area (Å²) in [5.41, 5.74) is 0.793. The van der Waals surface area contributed by atoms with Crippen LogP contribution in [0.4, 0.5) is 5.69 Å². The highest BCUT2D eigenvalue weighted by Crippen LogP contribution is 2.23. The zero-order valence-corrected chi connectivity index (χ0v) is 9.95. The summed E-state index contributed by atoms with van der Waals surface area (Å²) in [6.45, 7) is 3.28. The molecule has 0 radical (unpaired) electrons. The number of benzene rings is 1. The van der Waals surface area contributed by atoms with Crippen molar-refractivity contribution in [2.75, 3.05) is 0 Å². The standard InChI is InChI=1S/C10H10BrNO3/c1-6-8(10(13)7(2)11)4-3-5-9(6)12(14)15/h3-5,7H,1-2H3. The van der Waals surface area contributed by atoms with E-state index in [1.807, 2.05) is 0 Å². The lowest BCUT2D eigenvalue weighted by molar-refractivity contribution is -0.385. The van der Waals surface area contributed by atoms with Gasteiger partial charge in [-0.15, -0.1) is 0 Å². The first-order valence-corrected chi connectivity index (χ1v) is 5.29. The molecule has 0 saturated heterocycles. The van der Waals surface area contributed by atoms with Crippen molar-refractivity contribution in [1.29, 1.82) is 0 Å². The van der Waals surface area contributed by atoms with Gasteiger partial charge in [0.15, 0.2) is 5.78 Å². The first-order chi connectivity index (χ1) is 6.95. The SMILES string of the molecule is Cc1c(C(=O)C(C)Br)cccc1[N+](=O)[O-]. The van der Waals surface area contributed by atoms with E-state index in [1.54, 1.807) is 19.9 Å². The molecule has 1 atom stereocenters. The largest absolute Gasteiger partial charge is 0.293 e. The molecule has 0 saturated carbocycles. The fourth-order valence-electron chi connectivity index (χ4n) is 1.30. The Morgan fingerprint density at radius 3 is 2.60 bits per heavy atom. The van der Waals surface area contributed by atoms with Gasteiger partial charge in [-0.2, -0.15) is 0 Å². The average Bonchev–Trinajstić information content (AvgIpc) is 2.16. The summed E-state index contributed by atoms with van der Waals surface area (Å²) >= 11 is 3.15. The number of hydrogen-bond acceptors (Lipinski definition) is 3. The second-order valence-corrected chi connectivity index (χ2v) is 4.56. The Morgan fingerprint density at radius 1 is 1.53 bits per heavy atom. The number of nitrogens with zero attached hydrogens (tertiary/aromatic N) is 1. The van der Waals surface area contributed by atoms with Gasteiger partial charge in [-0.05, 0) is 13.8 Å². The predicted octanol–water partition coefficient (Wildman–Crippen LogP) is 2.87. The summed E-state index contributed by atoms with van der Waals surface area (Å²) in [6.07, 6.45) is 0. The van der Waals surface area contributed by atoms with E-state index < -0.39 is 4.92 Å². The molecule has 0 bridgehead atoms. The fourth-order valence-corrected chi connectivity index (χ4v) is 1.55. The number of carbonyl (C=O) groups is 1. The maximum Gasteiger partial charge on any atom is 0.273 e. The second kappa shape index (κ2) is 4.53. The normalized spacial score (nSPS) is 12.2. The van der Waals surface area contributed by atoms with E-state index in [0.29, 0.717) is 11.1 Å². The summed E-state index contributed by atoms with van der Waals surface area (Å²) in [5, 5.41) is 10.6. The summed E-state index contributed by atoms with van der Waals surface area (Å²) < 4.78 is 0. The molecule has 0 N–H and O–H groups in total. The van der Waals surface area contributed by atoms with Crippen molar-refractivity contribution in [2.45, 2.75) is 18.7 Å². The molecule has 1 rings (SSSR count). The molecular formula is C10H10BrNO3. The van der Waals surface area contributed by atoms with Gasteiger partial charge in [0.2, 0.25) is 0 Å². The summed E-state index contributed by atoms with van der Waals surface area (Å²) in [6, 6.07) is 4.52. The zero-order chi connectivity index (χ0) is 11.6. The van der Waals surface area contributed by atoms with Crippen molar-refractivity contribution in [1.82, 2.24) is 0 Å². The van der Waals surface area contributed by atoms with Crippen molar-refractivity contribution in [3.63, 3.8) is 0 Å². The van der Waals surface area contributed by atoms with Crippen LogP contribution in [0, 0.1) is 17.0 Å². The molecule has 5 heteroatoms. The van der Waals surface area contributed by atoms with Crippen LogP contribution in [0.15, 0.2) is 18.2 Å². The van der Waals surface area contributed by atoms with Gasteiger partial charge in [0.05, 0.1) is 9.75 Å². The van der Waals surface area contributed by atoms with Gasteiger partial charge < -0.3 is 0 Å². The number of Topliss-reactive ketones (excluding diaryl/α,β-unsaturated/α-hetero) is 1. The minimum Gasteiger partial charge on any atom is -0.293 e. The number of rotatable bonds is 3. The summed E-state index contributed by atoms with van der Waals surface area (Å²) in [5.74, 6) is -0.142. The third kappa shape index (κ3) is 2.41. The zero-order valence-electron chi connectivity index (χ0n) is 8.36. The summed E-state index contributed by atoms with van der Waals surface area (Å²) in [4.78, 5) is 21.5. The van der Waals surface area contributed by atoms with E-state index in [0.717, 1.165) is 0 Å². The van der Waals surface area contributed by atoms with Crippen LogP contribution in [0.25, 0.3) is 0 Å². The molecule has 0 spiro atoms. The maximum atomic E-state index is 11.7. The third-order valence-corrected chi connectivity index (χ3v) is 2.54. The molecule has 0 heterocycles. The lowest BCUT2D eigenvalue weighted by Crippen LogP contribution is -2.12. The number of nitro groups is 1. The third-order valence-electron chi connectivity index (χ3n) is 2.13. The Balaban J connectivity index is 3.27. The number of nitro benzene ring substituents is 1. The molecule has 0 aliphatic carbocycles. The first-order valence-electron chi connectivity index (χ1n) is 4.37. The van der Waals surface area contributed by atoms with Crippen LogP contribution in [0.5, 0.6) is 0 Å². The highest BCUT2D eigenvalue weighted by molar-refractivity contribution is 9.10. The molecule has 1 unspecified atom stereocenters. The molecule has 0 aliphatic heterocycles. The van der Waals surface area contributed by atoms with Crippen molar-refractivity contribution in [3.8, 4) is 0 Å². The fraction of sp³-hybridized carbons (Fsp3) is 0.300. The smallest absolute Gasteiger partial charge is 0.273 e. The second-order valence-electron chi connectivity index (χ2n) is 3.19. The van der Waals surface area contributed by atoms with Crippen LogP contribution < -0.4 is 0 Å². The van der Waals surface area contributed by atoms with E-state index in [2.05, 4.69) is 15.9 Å². The lowest BCUT2D eigenvalue weighted by Gasteiger charge is -2.06. The molecule has 15 heavy (non-hydrogen) atoms. The van der Waals surface area contributed by atoms with Gasteiger partial charge in [-0.3, -0.25) is 14.9 Å². The van der Waals surface area contributed by atoms with Crippen molar-refractivity contribution in [2.24, 2.45) is 0 Å². The van der Waals surface area contributed by atoms with Crippen LogP contribution in [-0.4, -0.2) is 15.5 Å². The van der Waals surface area contributed by atoms with Crippen LogP contribution in [0.3, 0.4) is 0 Å². The van der Waals surface area contributed by atoms with Crippen LogP contribution in [0.2, 0.25) is 0 Å². The number of alkyl halides is 1. The van der Waals surface area contributed by atoms with Crippen LogP contribution >= 0.6 is 15.9 Å². The van der Waals surface area contributed by atoms with Gasteiger partial charge in [0.1, 0.15) is 0 Å². The van der Waals surface area contributed by atoms with Crippen molar-refractivity contribution in [3.05, 3.63) is 39.4 Å². The topological polar surface area (TPSA) is 60.2 Å². The minimum absolute atomic E-state index is 0.0194. The molecule has 0 amide bonds. The van der Waals surface area contributed by atoms with E-state index in [-0.39, 0.29) is 16.3 Å². The monoisotopic (exact) mass is 271 g/mol. The van der Waals surface area contributed by atoms with Crippen LogP contribution in [-0.2, 0) is 0 Å². The molecule has 0 fully saturated rings. The number of halogens is 1. The van der Waals surface area contributed by atoms with Gasteiger partial charge >= 0.3 is 0 Å². The maximum absolute atomic E-state index is 11.7. The minimum atomic E-state index is -0.481. The Labute approximate surface area is 95.6 Å². The Bertz CT molecular complexity index is 415. The number of carbonyl (C=O) groups excluding carboxylic acids is 1. The van der Waals surface area contributed by atoms with E-state index >= 15 is 0 Å². The number of ketones is 1. The van der Waals surface area contributed by atoms with Gasteiger partial charge in [-0.25, -0.2) is 0 Å². The molecule has 1 aromatic carbocycles. The van der Waals surface area contributed by atoms with Crippen molar-refractivity contribution < 1.29 is 9.72 Å². The highest BCUT2D eigenvalue weighted by atomic mass is 79.9. The molecule has 0 aromatic heterocycles. The predicted molar refractivity (Wildman–Crippen MR) is 60.6 cm³/mol. The summed E-state index contributed by atoms with van der Waals surface area (Å²) in [7, 11) is 0. The quantitative estimate of drug-likeness (QED) is 0.368. The van der Waals surface area contributed by atoms with Crippen molar-refractivity contribution >= 4 is 27.4 Å². The molecular weight excluding hydrogens is 262 g/mol. The average molecular weight is 272 g/mol. The van der Waals surface area contributed by atoms with E-state index in [9.17, 15) is 14.9 Å². The molecule has 1 aromatic rings. The number of hydrogen-bond donors (Lipinski definition) is 0. The van der Waals surface area contributed by atoms with Crippen LogP contribution in [0.1, 0.15) is 22.8 Å². The molecule has 80 valence electrons. The van der Waals surface area contributed by atoms with Gasteiger partial charge in [0.25, 0.3) is 5.69 Å². The Kier molecular flexibility index (Phi) is 3.57. The highest BCUT2D eigenvalue weighted by Gasteiger charge is 2.20.